The number of nitrogens with zero attached hydrogens (tertiary/aromatic N) is 4. The number of hydrogen-bond acceptors (Lipinski definition) is 6. The first-order valence-corrected chi connectivity index (χ1v) is 9.82. The number of likely N-dealkylation sites (N-methyl/N-ethyl adjacent to an activating group) is 2. The van der Waals surface area contributed by atoms with Gasteiger partial charge in [-0.15, -0.1) is 0 Å². The lowest BCUT2D eigenvalue weighted by molar-refractivity contribution is 0.244. The lowest BCUT2D eigenvalue weighted by Crippen LogP contribution is -2.31. The standard InChI is InChI=1S/C22H24N6O2/c1-27(13-19-15-7-3-5-9-17(15)21(29)25-23-19)11-12-28(2)14-20-16-8-4-6-10-18(16)22(30)26-24-20/h3-10H,11-14H2,1-2H3,(H,25,29)(H,26,30). The van der Waals surface area contributed by atoms with Crippen molar-refractivity contribution in [1.29, 1.82) is 0 Å². The van der Waals surface area contributed by atoms with E-state index in [1.165, 1.54) is 0 Å². The van der Waals surface area contributed by atoms with E-state index in [1.807, 2.05) is 62.6 Å². The highest BCUT2D eigenvalue weighted by Crippen LogP contribution is 2.15. The maximum Gasteiger partial charge on any atom is 0.272 e. The lowest BCUT2D eigenvalue weighted by atomic mass is 10.1. The topological polar surface area (TPSA) is 98.0 Å². The lowest BCUT2D eigenvalue weighted by Gasteiger charge is -2.22. The Bertz CT molecular complexity index is 1190. The first-order valence-electron chi connectivity index (χ1n) is 9.82. The van der Waals surface area contributed by atoms with E-state index < -0.39 is 0 Å². The summed E-state index contributed by atoms with van der Waals surface area (Å²) in [6.45, 7) is 2.88. The summed E-state index contributed by atoms with van der Waals surface area (Å²) in [6, 6.07) is 15.0. The Hall–Kier alpha value is -3.36. The predicted octanol–water partition coefficient (Wildman–Crippen LogP) is 1.72. The molecule has 0 atom stereocenters. The van der Waals surface area contributed by atoms with Crippen molar-refractivity contribution in [1.82, 2.24) is 30.2 Å². The zero-order valence-corrected chi connectivity index (χ0v) is 17.1. The molecule has 0 fully saturated rings. The van der Waals surface area contributed by atoms with Crippen molar-refractivity contribution in [3.05, 3.63) is 80.6 Å². The molecule has 8 nitrogen and oxygen atoms in total. The van der Waals surface area contributed by atoms with Gasteiger partial charge in [-0.2, -0.15) is 10.2 Å². The Morgan fingerprint density at radius 3 is 1.43 bits per heavy atom. The van der Waals surface area contributed by atoms with Gasteiger partial charge in [0.15, 0.2) is 0 Å². The number of aromatic nitrogens is 4. The highest BCUT2D eigenvalue weighted by molar-refractivity contribution is 5.84. The number of nitrogens with one attached hydrogen (secondary N) is 2. The summed E-state index contributed by atoms with van der Waals surface area (Å²) in [5, 5.41) is 16.7. The van der Waals surface area contributed by atoms with Gasteiger partial charge >= 0.3 is 0 Å². The second-order valence-corrected chi connectivity index (χ2v) is 7.57. The van der Waals surface area contributed by atoms with Crippen LogP contribution in [0.5, 0.6) is 0 Å². The molecular weight excluding hydrogens is 380 g/mol. The molecule has 8 heteroatoms. The third-order valence-corrected chi connectivity index (χ3v) is 5.25. The Kier molecular flexibility index (Phi) is 5.69. The number of H-pyrrole nitrogens is 2. The van der Waals surface area contributed by atoms with Crippen LogP contribution in [0.25, 0.3) is 21.5 Å². The van der Waals surface area contributed by atoms with Crippen molar-refractivity contribution in [2.24, 2.45) is 0 Å². The number of rotatable bonds is 7. The summed E-state index contributed by atoms with van der Waals surface area (Å²) in [7, 11) is 4.06. The molecule has 0 radical (unpaired) electrons. The second-order valence-electron chi connectivity index (χ2n) is 7.57. The average molecular weight is 404 g/mol. The molecule has 2 aromatic carbocycles. The third-order valence-electron chi connectivity index (χ3n) is 5.25. The SMILES string of the molecule is CN(CCN(C)Cc1n[nH]c(=O)c2ccccc12)Cc1n[nH]c(=O)c2ccccc12. The maximum atomic E-state index is 12.0. The van der Waals surface area contributed by atoms with Crippen LogP contribution in [0.15, 0.2) is 58.1 Å². The van der Waals surface area contributed by atoms with E-state index in [-0.39, 0.29) is 11.1 Å². The van der Waals surface area contributed by atoms with E-state index in [1.54, 1.807) is 0 Å². The number of hydrogen-bond donors (Lipinski definition) is 2. The fourth-order valence-electron chi connectivity index (χ4n) is 3.59. The van der Waals surface area contributed by atoms with Crippen LogP contribution in [0.1, 0.15) is 11.4 Å². The zero-order chi connectivity index (χ0) is 21.1. The van der Waals surface area contributed by atoms with Gasteiger partial charge in [0.25, 0.3) is 11.1 Å². The molecule has 0 aliphatic carbocycles. The van der Waals surface area contributed by atoms with Crippen molar-refractivity contribution in [3.63, 3.8) is 0 Å². The minimum Gasteiger partial charge on any atom is -0.299 e. The van der Waals surface area contributed by atoms with E-state index in [0.29, 0.717) is 23.9 Å². The van der Waals surface area contributed by atoms with Crippen molar-refractivity contribution < 1.29 is 0 Å². The van der Waals surface area contributed by atoms with Crippen LogP contribution in [0.4, 0.5) is 0 Å². The maximum absolute atomic E-state index is 12.0. The van der Waals surface area contributed by atoms with Crippen LogP contribution in [-0.4, -0.2) is 57.4 Å². The summed E-state index contributed by atoms with van der Waals surface area (Å²) in [4.78, 5) is 28.2. The van der Waals surface area contributed by atoms with Crippen molar-refractivity contribution in [2.75, 3.05) is 27.2 Å². The van der Waals surface area contributed by atoms with Crippen LogP contribution < -0.4 is 11.1 Å². The smallest absolute Gasteiger partial charge is 0.272 e. The quantitative estimate of drug-likeness (QED) is 0.487. The van der Waals surface area contributed by atoms with E-state index in [9.17, 15) is 9.59 Å². The van der Waals surface area contributed by atoms with E-state index in [2.05, 4.69) is 30.2 Å². The predicted molar refractivity (Wildman–Crippen MR) is 117 cm³/mol. The van der Waals surface area contributed by atoms with Gasteiger partial charge in [0, 0.05) is 37.0 Å². The monoisotopic (exact) mass is 404 g/mol. The van der Waals surface area contributed by atoms with Gasteiger partial charge in [0.1, 0.15) is 0 Å². The van der Waals surface area contributed by atoms with Crippen molar-refractivity contribution in [2.45, 2.75) is 13.1 Å². The Balaban J connectivity index is 1.41. The number of fused-ring (bicyclic) bond motifs is 2. The number of benzene rings is 2. The van der Waals surface area contributed by atoms with Gasteiger partial charge in [-0.1, -0.05) is 36.4 Å². The first-order chi connectivity index (χ1) is 14.5. The van der Waals surface area contributed by atoms with Gasteiger partial charge in [0.2, 0.25) is 0 Å². The van der Waals surface area contributed by atoms with Gasteiger partial charge in [-0.3, -0.25) is 19.4 Å². The molecule has 2 N–H and O–H groups in total. The molecule has 154 valence electrons. The van der Waals surface area contributed by atoms with Crippen molar-refractivity contribution >= 4 is 21.5 Å². The van der Waals surface area contributed by atoms with Gasteiger partial charge in [-0.05, 0) is 26.2 Å². The van der Waals surface area contributed by atoms with Crippen LogP contribution in [0, 0.1) is 0 Å². The van der Waals surface area contributed by atoms with E-state index in [4.69, 9.17) is 0 Å². The fraction of sp³-hybridized carbons (Fsp3) is 0.273. The molecule has 2 aromatic heterocycles. The molecule has 0 saturated heterocycles. The summed E-state index contributed by atoms with van der Waals surface area (Å²) in [5.74, 6) is 0. The largest absolute Gasteiger partial charge is 0.299 e. The highest BCUT2D eigenvalue weighted by Gasteiger charge is 2.11. The summed E-state index contributed by atoms with van der Waals surface area (Å²) in [6.07, 6.45) is 0. The molecule has 30 heavy (non-hydrogen) atoms. The Labute approximate surface area is 173 Å². The summed E-state index contributed by atoms with van der Waals surface area (Å²) in [5.41, 5.74) is 1.36. The molecule has 4 rings (SSSR count). The fourth-order valence-corrected chi connectivity index (χ4v) is 3.59. The van der Waals surface area contributed by atoms with Gasteiger partial charge < -0.3 is 0 Å². The molecule has 0 aliphatic heterocycles. The molecule has 0 saturated carbocycles. The molecule has 4 aromatic rings. The molecule has 0 aliphatic rings. The molecule has 2 heterocycles. The second kappa shape index (κ2) is 8.56. The summed E-state index contributed by atoms with van der Waals surface area (Å²) >= 11 is 0. The Morgan fingerprint density at radius 1 is 0.667 bits per heavy atom. The van der Waals surface area contributed by atoms with E-state index >= 15 is 0 Å². The number of aromatic amines is 2. The van der Waals surface area contributed by atoms with Crippen LogP contribution in [-0.2, 0) is 13.1 Å². The minimum atomic E-state index is -0.169. The normalized spacial score (nSPS) is 11.7. The highest BCUT2D eigenvalue weighted by atomic mass is 16.1. The van der Waals surface area contributed by atoms with Crippen LogP contribution in [0.3, 0.4) is 0 Å². The van der Waals surface area contributed by atoms with Crippen molar-refractivity contribution in [3.8, 4) is 0 Å². The first kappa shape index (κ1) is 19.9. The molecular formula is C22H24N6O2. The molecule has 0 unspecified atom stereocenters. The minimum absolute atomic E-state index is 0.169. The van der Waals surface area contributed by atoms with Crippen LogP contribution in [0.2, 0.25) is 0 Å². The molecule has 0 amide bonds. The van der Waals surface area contributed by atoms with Gasteiger partial charge in [0.05, 0.1) is 22.2 Å². The average Bonchev–Trinajstić information content (AvgIpc) is 2.77. The molecule has 0 spiro atoms. The van der Waals surface area contributed by atoms with Gasteiger partial charge in [-0.25, -0.2) is 10.2 Å². The van der Waals surface area contributed by atoms with E-state index in [0.717, 1.165) is 35.2 Å². The Morgan fingerprint density at radius 2 is 1.03 bits per heavy atom. The molecule has 0 bridgehead atoms. The third kappa shape index (κ3) is 4.14. The van der Waals surface area contributed by atoms with Crippen LogP contribution >= 0.6 is 0 Å². The zero-order valence-electron chi connectivity index (χ0n) is 17.1. The summed E-state index contributed by atoms with van der Waals surface area (Å²) < 4.78 is 0.